The number of carboxylic acids is 1. The number of aliphatic carboxylic acids is 1. The van der Waals surface area contributed by atoms with Gasteiger partial charge < -0.3 is 14.7 Å². The number of benzene rings is 1. The highest BCUT2D eigenvalue weighted by atomic mass is 16.5. The summed E-state index contributed by atoms with van der Waals surface area (Å²) in [6.45, 7) is 1.93. The molecule has 1 N–H and O–H groups in total. The number of aryl methyl sites for hydroxylation is 1. The maximum atomic E-state index is 12.2. The SMILES string of the molecule is COc1ccc(C2C(C(=O)O)CC(=O)N2C2CC2)cc1C. The van der Waals surface area contributed by atoms with Crippen LogP contribution in [0.4, 0.5) is 0 Å². The van der Waals surface area contributed by atoms with Gasteiger partial charge in [-0.2, -0.15) is 0 Å². The number of carboxylic acid groups (broad SMARTS) is 1. The van der Waals surface area contributed by atoms with Crippen LogP contribution in [0.15, 0.2) is 18.2 Å². The van der Waals surface area contributed by atoms with E-state index in [1.54, 1.807) is 12.0 Å². The quantitative estimate of drug-likeness (QED) is 0.922. The number of rotatable bonds is 4. The van der Waals surface area contributed by atoms with Gasteiger partial charge in [-0.3, -0.25) is 9.59 Å². The van der Waals surface area contributed by atoms with Crippen molar-refractivity contribution in [2.75, 3.05) is 7.11 Å². The van der Waals surface area contributed by atoms with Gasteiger partial charge in [0.25, 0.3) is 0 Å². The van der Waals surface area contributed by atoms with Gasteiger partial charge in [-0.05, 0) is 37.0 Å². The molecule has 1 amide bonds. The Hall–Kier alpha value is -2.04. The molecule has 112 valence electrons. The fourth-order valence-corrected chi connectivity index (χ4v) is 3.24. The largest absolute Gasteiger partial charge is 0.496 e. The average Bonchev–Trinajstić information content (AvgIpc) is 3.21. The van der Waals surface area contributed by atoms with Crippen LogP contribution in [-0.4, -0.2) is 35.0 Å². The second-order valence-electron chi connectivity index (χ2n) is 5.85. The van der Waals surface area contributed by atoms with E-state index in [9.17, 15) is 14.7 Å². The molecule has 2 unspecified atom stereocenters. The number of nitrogens with zero attached hydrogens (tertiary/aromatic N) is 1. The second kappa shape index (κ2) is 5.06. The van der Waals surface area contributed by atoms with Crippen molar-refractivity contribution in [2.45, 2.75) is 38.3 Å². The molecule has 5 nitrogen and oxygen atoms in total. The number of carbonyl (C=O) groups is 2. The zero-order valence-corrected chi connectivity index (χ0v) is 12.2. The molecule has 3 rings (SSSR count). The van der Waals surface area contributed by atoms with Crippen molar-refractivity contribution in [3.05, 3.63) is 29.3 Å². The lowest BCUT2D eigenvalue weighted by Gasteiger charge is -2.27. The van der Waals surface area contributed by atoms with Gasteiger partial charge in [0, 0.05) is 12.5 Å². The number of ether oxygens (including phenoxy) is 1. The summed E-state index contributed by atoms with van der Waals surface area (Å²) < 4.78 is 5.25. The summed E-state index contributed by atoms with van der Waals surface area (Å²) in [5.74, 6) is -0.827. The summed E-state index contributed by atoms with van der Waals surface area (Å²) in [5.41, 5.74) is 1.84. The smallest absolute Gasteiger partial charge is 0.309 e. The third kappa shape index (κ3) is 2.37. The Morgan fingerprint density at radius 1 is 1.38 bits per heavy atom. The minimum absolute atomic E-state index is 0.0385. The molecule has 1 aromatic carbocycles. The van der Waals surface area contributed by atoms with E-state index in [1.165, 1.54) is 0 Å². The summed E-state index contributed by atoms with van der Waals surface area (Å²) in [4.78, 5) is 25.5. The topological polar surface area (TPSA) is 66.8 Å². The summed E-state index contributed by atoms with van der Waals surface area (Å²) in [5, 5.41) is 9.45. The number of hydrogen-bond acceptors (Lipinski definition) is 3. The Labute approximate surface area is 123 Å². The molecule has 21 heavy (non-hydrogen) atoms. The van der Waals surface area contributed by atoms with Gasteiger partial charge in [0.15, 0.2) is 0 Å². The molecule has 1 aliphatic heterocycles. The van der Waals surface area contributed by atoms with E-state index in [-0.39, 0.29) is 24.4 Å². The Bertz CT molecular complexity index is 594. The van der Waals surface area contributed by atoms with E-state index >= 15 is 0 Å². The fraction of sp³-hybridized carbons (Fsp3) is 0.500. The van der Waals surface area contributed by atoms with Crippen LogP contribution in [0.1, 0.15) is 36.4 Å². The van der Waals surface area contributed by atoms with Crippen LogP contribution in [-0.2, 0) is 9.59 Å². The zero-order chi connectivity index (χ0) is 15.1. The first-order valence-corrected chi connectivity index (χ1v) is 7.21. The highest BCUT2D eigenvalue weighted by molar-refractivity contribution is 5.87. The molecule has 2 aliphatic rings. The van der Waals surface area contributed by atoms with E-state index < -0.39 is 11.9 Å². The molecule has 5 heteroatoms. The van der Waals surface area contributed by atoms with Gasteiger partial charge in [-0.25, -0.2) is 0 Å². The minimum Gasteiger partial charge on any atom is -0.496 e. The van der Waals surface area contributed by atoms with Gasteiger partial charge in [-0.1, -0.05) is 12.1 Å². The molecular weight excluding hydrogens is 270 g/mol. The highest BCUT2D eigenvalue weighted by Gasteiger charge is 2.49. The Morgan fingerprint density at radius 2 is 2.10 bits per heavy atom. The van der Waals surface area contributed by atoms with Crippen LogP contribution in [0.5, 0.6) is 5.75 Å². The van der Waals surface area contributed by atoms with E-state index in [0.29, 0.717) is 0 Å². The van der Waals surface area contributed by atoms with Crippen molar-refractivity contribution in [2.24, 2.45) is 5.92 Å². The lowest BCUT2D eigenvalue weighted by Crippen LogP contribution is -2.32. The Kier molecular flexibility index (Phi) is 3.35. The molecule has 2 atom stereocenters. The first kappa shape index (κ1) is 13.9. The normalized spacial score (nSPS) is 25.2. The molecule has 1 saturated carbocycles. The van der Waals surface area contributed by atoms with Crippen molar-refractivity contribution in [3.63, 3.8) is 0 Å². The second-order valence-corrected chi connectivity index (χ2v) is 5.85. The third-order valence-corrected chi connectivity index (χ3v) is 4.38. The Balaban J connectivity index is 2.00. The zero-order valence-electron chi connectivity index (χ0n) is 12.2. The van der Waals surface area contributed by atoms with E-state index in [1.807, 2.05) is 25.1 Å². The van der Waals surface area contributed by atoms with Gasteiger partial charge in [0.05, 0.1) is 19.1 Å². The minimum atomic E-state index is -0.898. The van der Waals surface area contributed by atoms with E-state index in [0.717, 1.165) is 29.7 Å². The number of methoxy groups -OCH3 is 1. The van der Waals surface area contributed by atoms with Crippen LogP contribution >= 0.6 is 0 Å². The summed E-state index contributed by atoms with van der Waals surface area (Å²) in [6, 6.07) is 5.52. The molecule has 2 fully saturated rings. The number of likely N-dealkylation sites (tertiary alicyclic amines) is 1. The van der Waals surface area contributed by atoms with E-state index in [4.69, 9.17) is 4.74 Å². The van der Waals surface area contributed by atoms with Crippen LogP contribution in [0.25, 0.3) is 0 Å². The molecule has 1 heterocycles. The number of hydrogen-bond donors (Lipinski definition) is 1. The summed E-state index contributed by atoms with van der Waals surface area (Å²) in [7, 11) is 1.61. The molecule has 1 aliphatic carbocycles. The van der Waals surface area contributed by atoms with E-state index in [2.05, 4.69) is 0 Å². The van der Waals surface area contributed by atoms with Crippen molar-refractivity contribution < 1.29 is 19.4 Å². The number of amides is 1. The Morgan fingerprint density at radius 3 is 2.62 bits per heavy atom. The van der Waals surface area contributed by atoms with Crippen molar-refractivity contribution in [3.8, 4) is 5.75 Å². The molecule has 0 bridgehead atoms. The van der Waals surface area contributed by atoms with Crippen LogP contribution in [0.3, 0.4) is 0 Å². The molecule has 1 saturated heterocycles. The van der Waals surface area contributed by atoms with Crippen LogP contribution < -0.4 is 4.74 Å². The van der Waals surface area contributed by atoms with Crippen molar-refractivity contribution in [1.82, 2.24) is 4.90 Å². The predicted octanol–water partition coefficient (Wildman–Crippen LogP) is 2.14. The molecular formula is C16H19NO4. The van der Waals surface area contributed by atoms with Crippen molar-refractivity contribution in [1.29, 1.82) is 0 Å². The number of carbonyl (C=O) groups excluding carboxylic acids is 1. The monoisotopic (exact) mass is 289 g/mol. The third-order valence-electron chi connectivity index (χ3n) is 4.38. The van der Waals surface area contributed by atoms with Gasteiger partial charge in [0.1, 0.15) is 5.75 Å². The summed E-state index contributed by atoms with van der Waals surface area (Å²) in [6.07, 6.45) is 2.05. The molecule has 0 aromatic heterocycles. The lowest BCUT2D eigenvalue weighted by atomic mass is 9.92. The van der Waals surface area contributed by atoms with Crippen LogP contribution in [0.2, 0.25) is 0 Å². The standard InChI is InChI=1S/C16H19NO4/c1-9-7-10(3-6-13(9)21-2)15-12(16(19)20)8-14(18)17(15)11-4-5-11/h3,6-7,11-12,15H,4-5,8H2,1-2H3,(H,19,20). The van der Waals surface area contributed by atoms with Gasteiger partial charge >= 0.3 is 5.97 Å². The molecule has 0 radical (unpaired) electrons. The average molecular weight is 289 g/mol. The first-order chi connectivity index (χ1) is 10.0. The highest BCUT2D eigenvalue weighted by Crippen LogP contribution is 2.45. The van der Waals surface area contributed by atoms with Gasteiger partial charge in [0.2, 0.25) is 5.91 Å². The lowest BCUT2D eigenvalue weighted by molar-refractivity contribution is -0.142. The molecule has 1 aromatic rings. The maximum Gasteiger partial charge on any atom is 0.309 e. The van der Waals surface area contributed by atoms with Crippen LogP contribution in [0, 0.1) is 12.8 Å². The van der Waals surface area contributed by atoms with Gasteiger partial charge in [-0.15, -0.1) is 0 Å². The van der Waals surface area contributed by atoms with Crippen molar-refractivity contribution >= 4 is 11.9 Å². The predicted molar refractivity (Wildman–Crippen MR) is 76.1 cm³/mol. The summed E-state index contributed by atoms with van der Waals surface area (Å²) >= 11 is 0. The molecule has 0 spiro atoms. The maximum absolute atomic E-state index is 12.2. The fourth-order valence-electron chi connectivity index (χ4n) is 3.24. The first-order valence-electron chi connectivity index (χ1n) is 7.21.